The highest BCUT2D eigenvalue weighted by Gasteiger charge is 2.32. The molecule has 0 fully saturated rings. The molecule has 192 valence electrons. The Labute approximate surface area is 205 Å². The van der Waals surface area contributed by atoms with Crippen molar-refractivity contribution < 1.29 is 19.1 Å². The van der Waals surface area contributed by atoms with E-state index in [1.807, 2.05) is 65.0 Å². The number of carbonyl (C=O) groups excluding carboxylic acids is 3. The zero-order valence-corrected chi connectivity index (χ0v) is 22.1. The summed E-state index contributed by atoms with van der Waals surface area (Å²) in [7, 11) is 0. The molecule has 0 aliphatic carbocycles. The lowest BCUT2D eigenvalue weighted by Gasteiger charge is -2.29. The number of nitrogens with one attached hydrogen (secondary N) is 2. The molecule has 0 bridgehead atoms. The average Bonchev–Trinajstić information content (AvgIpc) is 2.80. The smallest absolute Gasteiger partial charge is 0.311 e. The van der Waals surface area contributed by atoms with Gasteiger partial charge in [0, 0.05) is 18.1 Å². The first kappa shape index (κ1) is 29.6. The van der Waals surface area contributed by atoms with E-state index in [2.05, 4.69) is 10.6 Å². The van der Waals surface area contributed by atoms with Gasteiger partial charge in [-0.1, -0.05) is 71.9 Å². The van der Waals surface area contributed by atoms with Crippen molar-refractivity contribution in [2.45, 2.75) is 86.5 Å². The summed E-state index contributed by atoms with van der Waals surface area (Å²) >= 11 is 0. The fourth-order valence-electron chi connectivity index (χ4n) is 3.69. The van der Waals surface area contributed by atoms with Crippen molar-refractivity contribution in [1.29, 1.82) is 0 Å². The van der Waals surface area contributed by atoms with E-state index in [0.717, 1.165) is 5.56 Å². The van der Waals surface area contributed by atoms with E-state index in [4.69, 9.17) is 10.5 Å². The Morgan fingerprint density at radius 1 is 0.824 bits per heavy atom. The zero-order chi connectivity index (χ0) is 26.0. The SMILES string of the molecule is CC(C)C[C@H](NC(=O)[C@H](C)[C@H](C)NC(=O)[C@H](C)[C@@H](N)C(C)C)[C@@H](C)C(=O)OCc1ccccc1. The van der Waals surface area contributed by atoms with E-state index >= 15 is 0 Å². The average molecular weight is 476 g/mol. The summed E-state index contributed by atoms with van der Waals surface area (Å²) in [5, 5.41) is 5.96. The monoisotopic (exact) mass is 475 g/mol. The van der Waals surface area contributed by atoms with Crippen LogP contribution in [-0.2, 0) is 25.7 Å². The van der Waals surface area contributed by atoms with Crippen molar-refractivity contribution in [3.63, 3.8) is 0 Å². The third-order valence-electron chi connectivity index (χ3n) is 6.55. The van der Waals surface area contributed by atoms with Gasteiger partial charge < -0.3 is 21.1 Å². The molecule has 0 heterocycles. The number of ether oxygens (including phenoxy) is 1. The summed E-state index contributed by atoms with van der Waals surface area (Å²) in [4.78, 5) is 38.4. The topological polar surface area (TPSA) is 111 Å². The van der Waals surface area contributed by atoms with E-state index in [1.54, 1.807) is 20.8 Å². The Hall–Kier alpha value is -2.41. The number of hydrogen-bond donors (Lipinski definition) is 3. The number of amides is 2. The second kappa shape index (κ2) is 14.1. The minimum atomic E-state index is -0.503. The lowest BCUT2D eigenvalue weighted by molar-refractivity contribution is -0.150. The van der Waals surface area contributed by atoms with Gasteiger partial charge in [-0.3, -0.25) is 14.4 Å². The van der Waals surface area contributed by atoms with Gasteiger partial charge in [-0.15, -0.1) is 0 Å². The molecule has 0 aromatic heterocycles. The number of benzene rings is 1. The minimum absolute atomic E-state index is 0.162. The highest BCUT2D eigenvalue weighted by atomic mass is 16.5. The van der Waals surface area contributed by atoms with E-state index in [-0.39, 0.29) is 60.3 Å². The maximum atomic E-state index is 13.0. The molecule has 0 saturated heterocycles. The molecule has 34 heavy (non-hydrogen) atoms. The van der Waals surface area contributed by atoms with Gasteiger partial charge >= 0.3 is 5.97 Å². The van der Waals surface area contributed by atoms with Crippen LogP contribution >= 0.6 is 0 Å². The Balaban J connectivity index is 2.75. The highest BCUT2D eigenvalue weighted by molar-refractivity contribution is 5.83. The predicted molar refractivity (Wildman–Crippen MR) is 136 cm³/mol. The van der Waals surface area contributed by atoms with Gasteiger partial charge in [-0.25, -0.2) is 0 Å². The number of nitrogens with two attached hydrogens (primary N) is 1. The van der Waals surface area contributed by atoms with Crippen molar-refractivity contribution in [2.24, 2.45) is 35.3 Å². The molecule has 0 aliphatic heterocycles. The van der Waals surface area contributed by atoms with Gasteiger partial charge in [0.2, 0.25) is 11.8 Å². The molecule has 1 rings (SSSR count). The van der Waals surface area contributed by atoms with Crippen LogP contribution in [-0.4, -0.2) is 35.9 Å². The molecular weight excluding hydrogens is 430 g/mol. The first-order valence-corrected chi connectivity index (χ1v) is 12.4. The van der Waals surface area contributed by atoms with Crippen molar-refractivity contribution in [1.82, 2.24) is 10.6 Å². The molecule has 0 aliphatic rings. The van der Waals surface area contributed by atoms with Crippen molar-refractivity contribution in [3.8, 4) is 0 Å². The summed E-state index contributed by atoms with van der Waals surface area (Å²) in [6.07, 6.45) is 0.640. The first-order chi connectivity index (χ1) is 15.8. The molecule has 6 atom stereocenters. The normalized spacial score (nSPS) is 16.8. The third-order valence-corrected chi connectivity index (χ3v) is 6.55. The lowest BCUT2D eigenvalue weighted by atomic mass is 9.90. The summed E-state index contributed by atoms with van der Waals surface area (Å²) < 4.78 is 5.50. The summed E-state index contributed by atoms with van der Waals surface area (Å²) in [6, 6.07) is 8.50. The number of rotatable bonds is 13. The standard InChI is InChI=1S/C27H45N3O4/c1-16(2)14-23(19(6)27(33)34-15-22-12-10-9-11-13-22)30-25(31)18(5)21(8)29-26(32)20(7)24(28)17(3)4/h9-13,16-21,23-24H,14-15,28H2,1-8H3,(H,29,32)(H,30,31)/t18-,19-,20-,21+,23+,24+/m1/s1. The fraction of sp³-hybridized carbons (Fsp3) is 0.667. The fourth-order valence-corrected chi connectivity index (χ4v) is 3.69. The number of hydrogen-bond acceptors (Lipinski definition) is 5. The van der Waals surface area contributed by atoms with Crippen LogP contribution in [0.5, 0.6) is 0 Å². The lowest BCUT2D eigenvalue weighted by Crippen LogP contribution is -2.51. The third kappa shape index (κ3) is 9.45. The Kier molecular flexibility index (Phi) is 12.3. The van der Waals surface area contributed by atoms with Gasteiger partial charge in [0.05, 0.1) is 17.8 Å². The quantitative estimate of drug-likeness (QED) is 0.377. The molecule has 2 amide bonds. The molecule has 7 heteroatoms. The second-order valence-corrected chi connectivity index (χ2v) is 10.3. The van der Waals surface area contributed by atoms with Crippen LogP contribution in [0.2, 0.25) is 0 Å². The van der Waals surface area contributed by atoms with E-state index < -0.39 is 11.8 Å². The summed E-state index contributed by atoms with van der Waals surface area (Å²) in [6.45, 7) is 15.4. The van der Waals surface area contributed by atoms with E-state index in [9.17, 15) is 14.4 Å². The largest absolute Gasteiger partial charge is 0.461 e. The van der Waals surface area contributed by atoms with Crippen LogP contribution in [0.25, 0.3) is 0 Å². The van der Waals surface area contributed by atoms with E-state index in [0.29, 0.717) is 6.42 Å². The Morgan fingerprint density at radius 3 is 1.91 bits per heavy atom. The Morgan fingerprint density at radius 2 is 1.38 bits per heavy atom. The Bertz CT molecular complexity index is 781. The van der Waals surface area contributed by atoms with Crippen LogP contribution in [0.1, 0.15) is 67.4 Å². The van der Waals surface area contributed by atoms with Crippen molar-refractivity contribution in [3.05, 3.63) is 35.9 Å². The highest BCUT2D eigenvalue weighted by Crippen LogP contribution is 2.18. The van der Waals surface area contributed by atoms with Crippen molar-refractivity contribution in [2.75, 3.05) is 0 Å². The zero-order valence-electron chi connectivity index (χ0n) is 22.1. The van der Waals surface area contributed by atoms with Gasteiger partial charge in [0.25, 0.3) is 0 Å². The first-order valence-electron chi connectivity index (χ1n) is 12.4. The maximum absolute atomic E-state index is 13.0. The number of carbonyl (C=O) groups is 3. The van der Waals surface area contributed by atoms with E-state index in [1.165, 1.54) is 0 Å². The van der Waals surface area contributed by atoms with Gasteiger partial charge in [-0.2, -0.15) is 0 Å². The van der Waals surface area contributed by atoms with Crippen LogP contribution in [0, 0.1) is 29.6 Å². The molecule has 1 aromatic carbocycles. The molecule has 0 unspecified atom stereocenters. The second-order valence-electron chi connectivity index (χ2n) is 10.3. The summed E-state index contributed by atoms with van der Waals surface area (Å²) in [5.74, 6) is -1.60. The summed E-state index contributed by atoms with van der Waals surface area (Å²) in [5.41, 5.74) is 7.04. The van der Waals surface area contributed by atoms with Gasteiger partial charge in [-0.05, 0) is 37.7 Å². The molecule has 0 saturated carbocycles. The van der Waals surface area contributed by atoms with Crippen molar-refractivity contribution >= 4 is 17.8 Å². The van der Waals surface area contributed by atoms with Gasteiger partial charge in [0.15, 0.2) is 0 Å². The molecular formula is C27H45N3O4. The molecule has 7 nitrogen and oxygen atoms in total. The van der Waals surface area contributed by atoms with Crippen LogP contribution in [0.4, 0.5) is 0 Å². The van der Waals surface area contributed by atoms with Crippen LogP contribution in [0.3, 0.4) is 0 Å². The van der Waals surface area contributed by atoms with Gasteiger partial charge in [0.1, 0.15) is 6.61 Å². The van der Waals surface area contributed by atoms with Crippen LogP contribution < -0.4 is 16.4 Å². The maximum Gasteiger partial charge on any atom is 0.311 e. The minimum Gasteiger partial charge on any atom is -0.461 e. The molecule has 1 aromatic rings. The molecule has 0 radical (unpaired) electrons. The van der Waals surface area contributed by atoms with Crippen LogP contribution in [0.15, 0.2) is 30.3 Å². The predicted octanol–water partition coefficient (Wildman–Crippen LogP) is 3.66. The molecule has 0 spiro atoms. The number of esters is 1. The molecule has 4 N–H and O–H groups in total.